The molecule has 0 aliphatic heterocycles. The van der Waals surface area contributed by atoms with Crippen molar-refractivity contribution >= 4 is 39.2 Å². The summed E-state index contributed by atoms with van der Waals surface area (Å²) in [5.41, 5.74) is 3.36. The molecule has 5 heteroatoms. The van der Waals surface area contributed by atoms with Crippen LogP contribution in [0.5, 0.6) is 5.75 Å². The van der Waals surface area contributed by atoms with Crippen LogP contribution in [0.15, 0.2) is 59.0 Å². The highest BCUT2D eigenvalue weighted by Gasteiger charge is 2.09. The molecule has 126 valence electrons. The van der Waals surface area contributed by atoms with Crippen molar-refractivity contribution in [2.24, 2.45) is 0 Å². The quantitative estimate of drug-likeness (QED) is 0.487. The Balaban J connectivity index is 1.62. The summed E-state index contributed by atoms with van der Waals surface area (Å²) in [5.74, 6) is -0.125. The van der Waals surface area contributed by atoms with E-state index in [4.69, 9.17) is 20.8 Å². The van der Waals surface area contributed by atoms with E-state index in [1.54, 1.807) is 6.07 Å². The molecule has 0 bridgehead atoms. The van der Waals surface area contributed by atoms with E-state index in [0.717, 1.165) is 33.2 Å². The van der Waals surface area contributed by atoms with E-state index in [1.807, 2.05) is 42.5 Å². The Morgan fingerprint density at radius 3 is 2.52 bits per heavy atom. The number of methoxy groups -OCH3 is 1. The van der Waals surface area contributed by atoms with Crippen molar-refractivity contribution in [3.63, 3.8) is 0 Å². The molecule has 0 aliphatic rings. The molecule has 4 rings (SSSR count). The molecule has 0 amide bonds. The number of anilines is 1. The average Bonchev–Trinajstić information content (AvgIpc) is 2.97. The molecule has 3 nitrogen and oxygen atoms in total. The first kappa shape index (κ1) is 15.8. The number of halogens is 2. The number of hydrogen-bond acceptors (Lipinski definition) is 3. The van der Waals surface area contributed by atoms with Gasteiger partial charge in [0.05, 0.1) is 7.11 Å². The number of rotatable bonds is 4. The molecule has 0 saturated carbocycles. The van der Waals surface area contributed by atoms with Crippen molar-refractivity contribution in [2.45, 2.75) is 6.54 Å². The van der Waals surface area contributed by atoms with Gasteiger partial charge in [0.15, 0.2) is 11.6 Å². The zero-order valence-electron chi connectivity index (χ0n) is 13.5. The predicted molar refractivity (Wildman–Crippen MR) is 99.0 cm³/mol. The lowest BCUT2D eigenvalue weighted by atomic mass is 10.1. The first-order valence-electron chi connectivity index (χ1n) is 7.82. The summed E-state index contributed by atoms with van der Waals surface area (Å²) in [4.78, 5) is 0. The molecule has 1 N–H and O–H groups in total. The second-order valence-electron chi connectivity index (χ2n) is 5.78. The molecule has 0 spiro atoms. The van der Waals surface area contributed by atoms with Crippen LogP contribution in [0.1, 0.15) is 5.56 Å². The fourth-order valence-electron chi connectivity index (χ4n) is 2.88. The molecule has 0 atom stereocenters. The topological polar surface area (TPSA) is 34.4 Å². The zero-order valence-corrected chi connectivity index (χ0v) is 14.2. The van der Waals surface area contributed by atoms with Gasteiger partial charge in [-0.3, -0.25) is 0 Å². The highest BCUT2D eigenvalue weighted by molar-refractivity contribution is 6.31. The van der Waals surface area contributed by atoms with E-state index in [1.165, 1.54) is 13.2 Å². The maximum atomic E-state index is 13.8. The van der Waals surface area contributed by atoms with Crippen LogP contribution in [0.2, 0.25) is 5.02 Å². The van der Waals surface area contributed by atoms with Gasteiger partial charge in [0.2, 0.25) is 0 Å². The van der Waals surface area contributed by atoms with Gasteiger partial charge in [-0.25, -0.2) is 4.39 Å². The van der Waals surface area contributed by atoms with Crippen molar-refractivity contribution in [2.75, 3.05) is 12.4 Å². The Kier molecular flexibility index (Phi) is 3.98. The summed E-state index contributed by atoms with van der Waals surface area (Å²) in [5, 5.41) is 5.94. The lowest BCUT2D eigenvalue weighted by Crippen LogP contribution is -2.00. The van der Waals surface area contributed by atoms with Crippen LogP contribution in [0.4, 0.5) is 10.1 Å². The van der Waals surface area contributed by atoms with Gasteiger partial charge in [0, 0.05) is 28.0 Å². The van der Waals surface area contributed by atoms with Crippen molar-refractivity contribution in [1.29, 1.82) is 0 Å². The molecule has 0 unspecified atom stereocenters. The molecule has 0 saturated heterocycles. The molecule has 0 fully saturated rings. The molecule has 3 aromatic carbocycles. The minimum absolute atomic E-state index is 0.243. The second kappa shape index (κ2) is 6.30. The summed E-state index contributed by atoms with van der Waals surface area (Å²) in [6, 6.07) is 16.4. The molecule has 4 aromatic rings. The summed E-state index contributed by atoms with van der Waals surface area (Å²) in [6.45, 7) is 0.503. The Morgan fingerprint density at radius 1 is 1.00 bits per heavy atom. The van der Waals surface area contributed by atoms with Gasteiger partial charge in [0.25, 0.3) is 0 Å². The van der Waals surface area contributed by atoms with Crippen LogP contribution in [0.3, 0.4) is 0 Å². The molecular weight excluding hydrogens is 341 g/mol. The highest BCUT2D eigenvalue weighted by atomic mass is 35.5. The number of benzene rings is 3. The van der Waals surface area contributed by atoms with Gasteiger partial charge >= 0.3 is 0 Å². The second-order valence-corrected chi connectivity index (χ2v) is 6.21. The smallest absolute Gasteiger partial charge is 0.165 e. The predicted octanol–water partition coefficient (Wildman–Crippen LogP) is 6.00. The monoisotopic (exact) mass is 355 g/mol. The van der Waals surface area contributed by atoms with E-state index < -0.39 is 0 Å². The fourth-order valence-corrected chi connectivity index (χ4v) is 3.06. The van der Waals surface area contributed by atoms with Crippen molar-refractivity contribution in [3.8, 4) is 5.75 Å². The maximum Gasteiger partial charge on any atom is 0.165 e. The molecule has 1 aromatic heterocycles. The van der Waals surface area contributed by atoms with Crippen LogP contribution in [-0.2, 0) is 6.54 Å². The molecule has 0 radical (unpaired) electrons. The number of fused-ring (bicyclic) bond motifs is 3. The van der Waals surface area contributed by atoms with Gasteiger partial charge in [-0.15, -0.1) is 0 Å². The zero-order chi connectivity index (χ0) is 17.4. The van der Waals surface area contributed by atoms with Crippen LogP contribution in [-0.4, -0.2) is 7.11 Å². The van der Waals surface area contributed by atoms with Crippen LogP contribution in [0.25, 0.3) is 21.9 Å². The van der Waals surface area contributed by atoms with E-state index >= 15 is 0 Å². The third-order valence-corrected chi connectivity index (χ3v) is 4.38. The number of hydrogen-bond donors (Lipinski definition) is 1. The van der Waals surface area contributed by atoms with Gasteiger partial charge in [-0.05, 0) is 54.1 Å². The van der Waals surface area contributed by atoms with Gasteiger partial charge in [-0.2, -0.15) is 0 Å². The minimum atomic E-state index is -0.368. The Morgan fingerprint density at radius 2 is 1.76 bits per heavy atom. The van der Waals surface area contributed by atoms with E-state index in [9.17, 15) is 4.39 Å². The van der Waals surface area contributed by atoms with Gasteiger partial charge < -0.3 is 14.5 Å². The van der Waals surface area contributed by atoms with Crippen molar-refractivity contribution in [1.82, 2.24) is 0 Å². The number of ether oxygens (including phenoxy) is 1. The maximum absolute atomic E-state index is 13.8. The standard InChI is InChI=1S/C20H15ClFNO2/c1-24-20-5-2-12(8-17(20)22)11-23-14-4-7-19-16(10-14)15-9-13(21)3-6-18(15)25-19/h2-10,23H,11H2,1H3. The molecule has 25 heavy (non-hydrogen) atoms. The summed E-state index contributed by atoms with van der Waals surface area (Å²) in [7, 11) is 1.45. The van der Waals surface area contributed by atoms with E-state index in [0.29, 0.717) is 11.6 Å². The Hall–Kier alpha value is -2.72. The van der Waals surface area contributed by atoms with Crippen LogP contribution >= 0.6 is 11.6 Å². The fraction of sp³-hybridized carbons (Fsp3) is 0.100. The lowest BCUT2D eigenvalue weighted by molar-refractivity contribution is 0.386. The van der Waals surface area contributed by atoms with Gasteiger partial charge in [-0.1, -0.05) is 17.7 Å². The van der Waals surface area contributed by atoms with Crippen molar-refractivity contribution < 1.29 is 13.5 Å². The Labute approximate surface area is 149 Å². The lowest BCUT2D eigenvalue weighted by Gasteiger charge is -2.08. The minimum Gasteiger partial charge on any atom is -0.494 e. The van der Waals surface area contributed by atoms with E-state index in [2.05, 4.69) is 5.32 Å². The molecule has 0 aliphatic carbocycles. The summed E-state index contributed by atoms with van der Waals surface area (Å²) < 4.78 is 24.5. The Bertz CT molecular complexity index is 1070. The average molecular weight is 356 g/mol. The first-order chi connectivity index (χ1) is 12.1. The van der Waals surface area contributed by atoms with E-state index in [-0.39, 0.29) is 11.6 Å². The largest absolute Gasteiger partial charge is 0.494 e. The highest BCUT2D eigenvalue weighted by Crippen LogP contribution is 2.32. The molecule has 1 heterocycles. The third-order valence-electron chi connectivity index (χ3n) is 4.14. The first-order valence-corrected chi connectivity index (χ1v) is 8.20. The summed E-state index contributed by atoms with van der Waals surface area (Å²) >= 11 is 6.09. The number of nitrogens with one attached hydrogen (secondary N) is 1. The van der Waals surface area contributed by atoms with Crippen LogP contribution < -0.4 is 10.1 Å². The van der Waals surface area contributed by atoms with Crippen molar-refractivity contribution in [3.05, 3.63) is 71.0 Å². The number of furan rings is 1. The third kappa shape index (κ3) is 3.01. The molecular formula is C20H15ClFNO2. The van der Waals surface area contributed by atoms with Crippen LogP contribution in [0, 0.1) is 5.82 Å². The SMILES string of the molecule is COc1ccc(CNc2ccc3oc4ccc(Cl)cc4c3c2)cc1F. The van der Waals surface area contributed by atoms with Gasteiger partial charge in [0.1, 0.15) is 11.2 Å². The summed E-state index contributed by atoms with van der Waals surface area (Å²) in [6.07, 6.45) is 0. The normalized spacial score (nSPS) is 11.2.